The largest absolute Gasteiger partial charge is 0.514 e. The predicted molar refractivity (Wildman–Crippen MR) is 95.3 cm³/mol. The standard InChI is InChI=1S/C20H32O3/c1-10-20(8,9)23-17(21)22-16-12-14(18(2,3)4)11-15(13-16)19(5,6)7/h11-13H,10H2,1-9H3. The fraction of sp³-hybridized carbons (Fsp3) is 0.650. The Hall–Kier alpha value is -1.51. The zero-order valence-electron chi connectivity index (χ0n) is 16.2. The SMILES string of the molecule is CCC(C)(C)OC(=O)Oc1cc(C(C)(C)C)cc(C(C)(C)C)c1. The molecule has 1 aromatic rings. The quantitative estimate of drug-likeness (QED) is 0.507. The lowest BCUT2D eigenvalue weighted by molar-refractivity contribution is 0.00701. The minimum Gasteiger partial charge on any atom is -0.428 e. The van der Waals surface area contributed by atoms with Gasteiger partial charge in [-0.25, -0.2) is 4.79 Å². The van der Waals surface area contributed by atoms with Crippen LogP contribution in [0.15, 0.2) is 18.2 Å². The van der Waals surface area contributed by atoms with Gasteiger partial charge >= 0.3 is 6.16 Å². The highest BCUT2D eigenvalue weighted by molar-refractivity contribution is 5.64. The summed E-state index contributed by atoms with van der Waals surface area (Å²) in [5.41, 5.74) is 1.72. The summed E-state index contributed by atoms with van der Waals surface area (Å²) in [6, 6.07) is 6.04. The number of rotatable bonds is 3. The Morgan fingerprint density at radius 3 is 1.65 bits per heavy atom. The van der Waals surface area contributed by atoms with Gasteiger partial charge < -0.3 is 9.47 Å². The highest BCUT2D eigenvalue weighted by atomic mass is 16.7. The maximum Gasteiger partial charge on any atom is 0.514 e. The summed E-state index contributed by atoms with van der Waals surface area (Å²) < 4.78 is 10.8. The van der Waals surface area contributed by atoms with Gasteiger partial charge in [0.2, 0.25) is 0 Å². The lowest BCUT2D eigenvalue weighted by atomic mass is 9.80. The molecule has 0 heterocycles. The molecule has 0 aliphatic rings. The van der Waals surface area contributed by atoms with E-state index in [1.165, 1.54) is 0 Å². The van der Waals surface area contributed by atoms with Crippen molar-refractivity contribution in [2.24, 2.45) is 0 Å². The van der Waals surface area contributed by atoms with Crippen LogP contribution >= 0.6 is 0 Å². The van der Waals surface area contributed by atoms with Crippen LogP contribution in [0.5, 0.6) is 5.75 Å². The molecule has 0 saturated carbocycles. The molecule has 3 nitrogen and oxygen atoms in total. The summed E-state index contributed by atoms with van der Waals surface area (Å²) in [5.74, 6) is 0.541. The first kappa shape index (κ1) is 19.5. The molecule has 1 aromatic carbocycles. The van der Waals surface area contributed by atoms with Crippen LogP contribution in [0.1, 0.15) is 79.9 Å². The summed E-state index contributed by atoms with van der Waals surface area (Å²) in [4.78, 5) is 12.1. The van der Waals surface area contributed by atoms with Crippen molar-refractivity contribution in [1.29, 1.82) is 0 Å². The summed E-state index contributed by atoms with van der Waals surface area (Å²) in [6.07, 6.45) is 0.0833. The van der Waals surface area contributed by atoms with Crippen LogP contribution in [-0.4, -0.2) is 11.8 Å². The number of carbonyl (C=O) groups is 1. The maximum absolute atomic E-state index is 12.1. The maximum atomic E-state index is 12.1. The normalized spacial score (nSPS) is 12.9. The van der Waals surface area contributed by atoms with Gasteiger partial charge in [-0.05, 0) is 54.4 Å². The first-order chi connectivity index (χ1) is 10.2. The molecule has 0 unspecified atom stereocenters. The van der Waals surface area contributed by atoms with Crippen LogP contribution in [0.3, 0.4) is 0 Å². The Morgan fingerprint density at radius 1 is 0.870 bits per heavy atom. The van der Waals surface area contributed by atoms with Crippen molar-refractivity contribution in [1.82, 2.24) is 0 Å². The lowest BCUT2D eigenvalue weighted by Gasteiger charge is -2.26. The first-order valence-corrected chi connectivity index (χ1v) is 8.31. The van der Waals surface area contributed by atoms with E-state index < -0.39 is 11.8 Å². The van der Waals surface area contributed by atoms with Gasteiger partial charge in [0.1, 0.15) is 11.4 Å². The van der Waals surface area contributed by atoms with E-state index in [-0.39, 0.29) is 10.8 Å². The van der Waals surface area contributed by atoms with Crippen molar-refractivity contribution in [3.8, 4) is 5.75 Å². The second-order valence-electron chi connectivity index (χ2n) is 8.81. The Kier molecular flexibility index (Phi) is 5.56. The molecule has 1 rings (SSSR count). The number of hydrogen-bond acceptors (Lipinski definition) is 3. The Balaban J connectivity index is 3.14. The molecule has 0 aromatic heterocycles. The van der Waals surface area contributed by atoms with Crippen molar-refractivity contribution < 1.29 is 14.3 Å². The van der Waals surface area contributed by atoms with Gasteiger partial charge in [0.05, 0.1) is 0 Å². The molecule has 0 aliphatic carbocycles. The number of hydrogen-bond donors (Lipinski definition) is 0. The Morgan fingerprint density at radius 2 is 1.30 bits per heavy atom. The second-order valence-corrected chi connectivity index (χ2v) is 8.81. The fourth-order valence-corrected chi connectivity index (χ4v) is 1.94. The average Bonchev–Trinajstić information content (AvgIpc) is 2.35. The van der Waals surface area contributed by atoms with E-state index in [2.05, 4.69) is 47.6 Å². The smallest absolute Gasteiger partial charge is 0.428 e. The van der Waals surface area contributed by atoms with Gasteiger partial charge in [-0.15, -0.1) is 0 Å². The van der Waals surface area contributed by atoms with Crippen molar-refractivity contribution >= 4 is 6.16 Å². The summed E-state index contributed by atoms with van der Waals surface area (Å²) in [6.45, 7) is 18.6. The zero-order chi connectivity index (χ0) is 18.1. The second kappa shape index (κ2) is 6.54. The lowest BCUT2D eigenvalue weighted by Crippen LogP contribution is -2.29. The predicted octanol–water partition coefficient (Wildman–Crippen LogP) is 5.99. The summed E-state index contributed by atoms with van der Waals surface area (Å²) >= 11 is 0. The molecule has 23 heavy (non-hydrogen) atoms. The number of ether oxygens (including phenoxy) is 2. The molecule has 3 heteroatoms. The van der Waals surface area contributed by atoms with E-state index in [0.29, 0.717) is 5.75 Å². The molecule has 0 spiro atoms. The molecule has 0 amide bonds. The van der Waals surface area contributed by atoms with Crippen molar-refractivity contribution in [3.63, 3.8) is 0 Å². The summed E-state index contributed by atoms with van der Waals surface area (Å²) in [5, 5.41) is 0. The highest BCUT2D eigenvalue weighted by Gasteiger charge is 2.24. The zero-order valence-corrected chi connectivity index (χ0v) is 16.2. The van der Waals surface area contributed by atoms with Gasteiger partial charge in [-0.3, -0.25) is 0 Å². The third-order valence-corrected chi connectivity index (χ3v) is 4.05. The third kappa shape index (κ3) is 5.89. The monoisotopic (exact) mass is 320 g/mol. The first-order valence-electron chi connectivity index (χ1n) is 8.31. The van der Waals surface area contributed by atoms with E-state index >= 15 is 0 Å². The molecular formula is C20H32O3. The summed E-state index contributed by atoms with van der Waals surface area (Å²) in [7, 11) is 0. The van der Waals surface area contributed by atoms with E-state index in [9.17, 15) is 4.79 Å². The van der Waals surface area contributed by atoms with Gasteiger partial charge in [-0.1, -0.05) is 54.5 Å². The van der Waals surface area contributed by atoms with Crippen molar-refractivity contribution in [3.05, 3.63) is 29.3 Å². The van der Waals surface area contributed by atoms with E-state index in [1.807, 2.05) is 32.9 Å². The minimum atomic E-state index is -0.650. The van der Waals surface area contributed by atoms with Crippen molar-refractivity contribution in [2.75, 3.05) is 0 Å². The van der Waals surface area contributed by atoms with Gasteiger partial charge in [0.25, 0.3) is 0 Å². The molecule has 0 bridgehead atoms. The van der Waals surface area contributed by atoms with Crippen LogP contribution in [0.4, 0.5) is 4.79 Å². The molecule has 0 saturated heterocycles. The van der Waals surface area contributed by atoms with Crippen LogP contribution in [-0.2, 0) is 15.6 Å². The van der Waals surface area contributed by atoms with Crippen LogP contribution < -0.4 is 4.74 Å². The third-order valence-electron chi connectivity index (χ3n) is 4.05. The average molecular weight is 320 g/mol. The molecule has 0 atom stereocenters. The van der Waals surface area contributed by atoms with E-state index in [0.717, 1.165) is 17.5 Å². The van der Waals surface area contributed by atoms with Crippen molar-refractivity contribution in [2.45, 2.75) is 85.2 Å². The number of carbonyl (C=O) groups excluding carboxylic acids is 1. The topological polar surface area (TPSA) is 35.5 Å². The minimum absolute atomic E-state index is 0.0219. The Labute approximate surface area is 141 Å². The molecule has 0 radical (unpaired) electrons. The molecule has 0 aliphatic heterocycles. The molecule has 0 fully saturated rings. The van der Waals surface area contributed by atoms with Gasteiger partial charge in [-0.2, -0.15) is 0 Å². The molecular weight excluding hydrogens is 288 g/mol. The molecule has 0 N–H and O–H groups in total. The fourth-order valence-electron chi connectivity index (χ4n) is 1.94. The van der Waals surface area contributed by atoms with E-state index in [4.69, 9.17) is 9.47 Å². The number of benzene rings is 1. The van der Waals surface area contributed by atoms with Gasteiger partial charge in [0, 0.05) is 0 Å². The van der Waals surface area contributed by atoms with Crippen LogP contribution in [0.2, 0.25) is 0 Å². The van der Waals surface area contributed by atoms with Gasteiger partial charge in [0.15, 0.2) is 0 Å². The highest BCUT2D eigenvalue weighted by Crippen LogP contribution is 2.33. The van der Waals surface area contributed by atoms with Crippen LogP contribution in [0, 0.1) is 0 Å². The molecule has 130 valence electrons. The Bertz CT molecular complexity index is 525. The van der Waals surface area contributed by atoms with E-state index in [1.54, 1.807) is 0 Å². The van der Waals surface area contributed by atoms with Crippen LogP contribution in [0.25, 0.3) is 0 Å².